The fourth-order valence-electron chi connectivity index (χ4n) is 4.17. The number of halogens is 2. The number of nitrogens with one attached hydrogen (secondary N) is 1. The Hall–Kier alpha value is -5.09. The number of fused-ring (bicyclic) bond motifs is 2. The zero-order valence-corrected chi connectivity index (χ0v) is 22.8. The molecule has 0 radical (unpaired) electrons. The van der Waals surface area contributed by atoms with Crippen molar-refractivity contribution >= 4 is 55.6 Å². The first-order valence-corrected chi connectivity index (χ1v) is 13.3. The Morgan fingerprint density at radius 3 is 2.61 bits per heavy atom. The Balaban J connectivity index is 1.24. The molecule has 10 heteroatoms. The van der Waals surface area contributed by atoms with Crippen molar-refractivity contribution in [2.75, 3.05) is 11.9 Å². The highest BCUT2D eigenvalue weighted by molar-refractivity contribution is 9.10. The van der Waals surface area contributed by atoms with Crippen molar-refractivity contribution in [3.63, 3.8) is 0 Å². The van der Waals surface area contributed by atoms with E-state index in [9.17, 15) is 14.0 Å². The molecule has 202 valence electrons. The molecule has 8 nitrogen and oxygen atoms in total. The summed E-state index contributed by atoms with van der Waals surface area (Å²) in [6, 6.07) is 26.8. The van der Waals surface area contributed by atoms with Crippen LogP contribution in [0.1, 0.15) is 5.56 Å². The van der Waals surface area contributed by atoms with Gasteiger partial charge in [-0.15, -0.1) is 0 Å². The molecule has 0 aliphatic carbocycles. The zero-order chi connectivity index (χ0) is 28.3. The number of rotatable bonds is 7. The molecule has 0 atom stereocenters. The van der Waals surface area contributed by atoms with Crippen molar-refractivity contribution in [2.24, 2.45) is 5.10 Å². The van der Waals surface area contributed by atoms with E-state index < -0.39 is 0 Å². The molecule has 0 bridgehead atoms. The van der Waals surface area contributed by atoms with Gasteiger partial charge in [-0.3, -0.25) is 9.59 Å². The SMILES string of the molecule is O=C(COc1ccc(C=Nn2c(-c3cc4cc(Br)ccc4o3)nc3ccccc3c2=O)cc1)Nc1ccc(F)cc1. The molecule has 0 fully saturated rings. The van der Waals surface area contributed by atoms with E-state index >= 15 is 0 Å². The molecule has 0 spiro atoms. The summed E-state index contributed by atoms with van der Waals surface area (Å²) in [6.07, 6.45) is 1.53. The first kappa shape index (κ1) is 26.1. The fourth-order valence-corrected chi connectivity index (χ4v) is 4.55. The summed E-state index contributed by atoms with van der Waals surface area (Å²) in [6.45, 7) is -0.222. The number of anilines is 1. The molecule has 0 unspecified atom stereocenters. The third kappa shape index (κ3) is 5.78. The molecular weight excluding hydrogens is 591 g/mol. The van der Waals surface area contributed by atoms with Crippen LogP contribution in [0, 0.1) is 5.82 Å². The lowest BCUT2D eigenvalue weighted by Gasteiger charge is -2.08. The average Bonchev–Trinajstić information content (AvgIpc) is 3.40. The maximum Gasteiger partial charge on any atom is 0.282 e. The maximum absolute atomic E-state index is 13.4. The van der Waals surface area contributed by atoms with Gasteiger partial charge in [-0.2, -0.15) is 9.78 Å². The molecular formula is C31H20BrFN4O4. The van der Waals surface area contributed by atoms with Crippen LogP contribution in [-0.4, -0.2) is 28.4 Å². The first-order valence-electron chi connectivity index (χ1n) is 12.5. The minimum atomic E-state index is -0.385. The minimum absolute atomic E-state index is 0.222. The molecule has 41 heavy (non-hydrogen) atoms. The predicted molar refractivity (Wildman–Crippen MR) is 159 cm³/mol. The van der Waals surface area contributed by atoms with Gasteiger partial charge in [0.2, 0.25) is 5.82 Å². The van der Waals surface area contributed by atoms with E-state index in [0.29, 0.717) is 39.2 Å². The summed E-state index contributed by atoms with van der Waals surface area (Å²) >= 11 is 3.47. The largest absolute Gasteiger partial charge is 0.484 e. The maximum atomic E-state index is 13.4. The Labute approximate surface area is 240 Å². The van der Waals surface area contributed by atoms with E-state index in [2.05, 4.69) is 26.3 Å². The first-order chi connectivity index (χ1) is 19.9. The number of hydrogen-bond acceptors (Lipinski definition) is 6. The van der Waals surface area contributed by atoms with Gasteiger partial charge in [0, 0.05) is 15.5 Å². The molecule has 6 aromatic rings. The molecule has 0 aliphatic heterocycles. The summed E-state index contributed by atoms with van der Waals surface area (Å²) in [5.74, 6) is 0.375. The average molecular weight is 611 g/mol. The van der Waals surface area contributed by atoms with Gasteiger partial charge in [0.05, 0.1) is 17.1 Å². The normalized spacial score (nSPS) is 11.4. The number of ether oxygens (including phenoxy) is 1. The summed E-state index contributed by atoms with van der Waals surface area (Å²) in [5, 5.41) is 8.38. The Morgan fingerprint density at radius 1 is 1.02 bits per heavy atom. The lowest BCUT2D eigenvalue weighted by atomic mass is 10.2. The van der Waals surface area contributed by atoms with E-state index in [1.165, 1.54) is 35.2 Å². The molecule has 0 saturated heterocycles. The van der Waals surface area contributed by atoms with Gasteiger partial charge in [-0.25, -0.2) is 9.37 Å². The van der Waals surface area contributed by atoms with Gasteiger partial charge in [0.25, 0.3) is 11.5 Å². The highest BCUT2D eigenvalue weighted by atomic mass is 79.9. The molecule has 2 aromatic heterocycles. The van der Waals surface area contributed by atoms with Gasteiger partial charge >= 0.3 is 0 Å². The number of carbonyl (C=O) groups excluding carboxylic acids is 1. The van der Waals surface area contributed by atoms with Crippen molar-refractivity contribution < 1.29 is 18.3 Å². The molecule has 1 N–H and O–H groups in total. The lowest BCUT2D eigenvalue weighted by Crippen LogP contribution is -2.20. The van der Waals surface area contributed by atoms with Gasteiger partial charge in [0.15, 0.2) is 12.4 Å². The van der Waals surface area contributed by atoms with Gasteiger partial charge in [0.1, 0.15) is 17.1 Å². The zero-order valence-electron chi connectivity index (χ0n) is 21.3. The molecule has 0 aliphatic rings. The highest BCUT2D eigenvalue weighted by Gasteiger charge is 2.16. The van der Waals surface area contributed by atoms with Crippen molar-refractivity contribution in [1.29, 1.82) is 0 Å². The van der Waals surface area contributed by atoms with Crippen LogP contribution in [0.5, 0.6) is 5.75 Å². The van der Waals surface area contributed by atoms with Crippen LogP contribution in [0.2, 0.25) is 0 Å². The van der Waals surface area contributed by atoms with E-state index in [4.69, 9.17) is 14.1 Å². The van der Waals surface area contributed by atoms with Crippen LogP contribution in [0.25, 0.3) is 33.5 Å². The van der Waals surface area contributed by atoms with Crippen molar-refractivity contribution in [2.45, 2.75) is 0 Å². The second-order valence-corrected chi connectivity index (χ2v) is 9.94. The van der Waals surface area contributed by atoms with E-state index in [1.807, 2.05) is 30.3 Å². The Bertz CT molecular complexity index is 1980. The standard InChI is InChI=1S/C31H20BrFN4O4/c32-21-7-14-27-20(15-21)16-28(41-27)30-36-26-4-2-1-3-25(26)31(39)37(30)34-17-19-5-12-24(13-6-19)40-18-29(38)35-23-10-8-22(33)9-11-23/h1-17H,18H2,(H,35,38). The Kier molecular flexibility index (Phi) is 7.13. The number of benzene rings is 4. The van der Waals surface area contributed by atoms with Gasteiger partial charge < -0.3 is 14.5 Å². The minimum Gasteiger partial charge on any atom is -0.484 e. The quantitative estimate of drug-likeness (QED) is 0.205. The third-order valence-electron chi connectivity index (χ3n) is 6.15. The molecule has 1 amide bonds. The van der Waals surface area contributed by atoms with Crippen LogP contribution >= 0.6 is 15.9 Å². The number of carbonyl (C=O) groups is 1. The number of nitrogens with zero attached hydrogens (tertiary/aromatic N) is 3. The molecule has 6 rings (SSSR count). The lowest BCUT2D eigenvalue weighted by molar-refractivity contribution is -0.118. The van der Waals surface area contributed by atoms with Crippen molar-refractivity contribution in [3.8, 4) is 17.3 Å². The fraction of sp³-hybridized carbons (Fsp3) is 0.0323. The monoisotopic (exact) mass is 610 g/mol. The van der Waals surface area contributed by atoms with Crippen molar-refractivity contribution in [1.82, 2.24) is 9.66 Å². The molecule has 0 saturated carbocycles. The topological polar surface area (TPSA) is 98.7 Å². The summed E-state index contributed by atoms with van der Waals surface area (Å²) < 4.78 is 26.7. The van der Waals surface area contributed by atoms with E-state index in [1.54, 1.807) is 42.5 Å². The van der Waals surface area contributed by atoms with Crippen LogP contribution in [0.3, 0.4) is 0 Å². The van der Waals surface area contributed by atoms with Crippen LogP contribution < -0.4 is 15.6 Å². The second-order valence-electron chi connectivity index (χ2n) is 9.02. The predicted octanol–water partition coefficient (Wildman–Crippen LogP) is 6.61. The van der Waals surface area contributed by atoms with Gasteiger partial charge in [-0.1, -0.05) is 28.1 Å². The number of para-hydroxylation sites is 1. The number of hydrogen-bond donors (Lipinski definition) is 1. The summed E-state index contributed by atoms with van der Waals surface area (Å²) in [7, 11) is 0. The summed E-state index contributed by atoms with van der Waals surface area (Å²) in [4.78, 5) is 30.3. The number of aromatic nitrogens is 2. The summed E-state index contributed by atoms with van der Waals surface area (Å²) in [5.41, 5.74) is 2.01. The highest BCUT2D eigenvalue weighted by Crippen LogP contribution is 2.29. The van der Waals surface area contributed by atoms with Crippen LogP contribution in [0.15, 0.2) is 116 Å². The Morgan fingerprint density at radius 2 is 1.80 bits per heavy atom. The van der Waals surface area contributed by atoms with Crippen LogP contribution in [-0.2, 0) is 4.79 Å². The van der Waals surface area contributed by atoms with Gasteiger partial charge in [-0.05, 0) is 90.5 Å². The third-order valence-corrected chi connectivity index (χ3v) is 6.65. The second kappa shape index (κ2) is 11.2. The van der Waals surface area contributed by atoms with Crippen LogP contribution in [0.4, 0.5) is 10.1 Å². The van der Waals surface area contributed by atoms with Crippen molar-refractivity contribution in [3.05, 3.63) is 123 Å². The van der Waals surface area contributed by atoms with E-state index in [-0.39, 0.29) is 29.7 Å². The van der Waals surface area contributed by atoms with E-state index in [0.717, 1.165) is 9.86 Å². The smallest absolute Gasteiger partial charge is 0.282 e. The molecule has 2 heterocycles. The molecule has 4 aromatic carbocycles. The number of furan rings is 1. The number of amides is 1.